The Morgan fingerprint density at radius 2 is 1.81 bits per heavy atom. The van der Waals surface area contributed by atoms with Crippen LogP contribution in [0.1, 0.15) is 38.5 Å². The molecular weight excluding hydrogens is 355 g/mol. The second kappa shape index (κ2) is 6.11. The van der Waals surface area contributed by atoms with Gasteiger partial charge in [0.05, 0.1) is 11.4 Å². The first-order chi connectivity index (χ1) is 12.3. The van der Waals surface area contributed by atoms with Crippen LogP contribution in [0.4, 0.5) is 4.39 Å². The zero-order valence-electron chi connectivity index (χ0n) is 14.9. The highest BCUT2D eigenvalue weighted by molar-refractivity contribution is 7.89. The fourth-order valence-corrected chi connectivity index (χ4v) is 7.59. The lowest BCUT2D eigenvalue weighted by Gasteiger charge is -2.64. The molecule has 5 rings (SSSR count). The SMILES string of the molecule is CN(C12CC3CC(CC(NCC=O)(C3)C1)C2)S(=O)(=O)c1ccc(F)cc1. The minimum Gasteiger partial charge on any atom is -0.305 e. The molecule has 0 heterocycles. The maximum Gasteiger partial charge on any atom is 0.243 e. The molecule has 4 aliphatic rings. The van der Waals surface area contributed by atoms with Crippen LogP contribution < -0.4 is 5.32 Å². The highest BCUT2D eigenvalue weighted by atomic mass is 32.2. The fourth-order valence-electron chi connectivity index (χ4n) is 6.07. The normalized spacial score (nSPS) is 35.8. The molecule has 2 unspecified atom stereocenters. The van der Waals surface area contributed by atoms with Gasteiger partial charge in [-0.1, -0.05) is 0 Å². The Hall–Kier alpha value is -1.31. The van der Waals surface area contributed by atoms with Gasteiger partial charge >= 0.3 is 0 Å². The number of aldehydes is 1. The van der Waals surface area contributed by atoms with Gasteiger partial charge in [-0.3, -0.25) is 0 Å². The molecule has 7 heteroatoms. The lowest BCUT2D eigenvalue weighted by molar-refractivity contribution is -0.109. The summed E-state index contributed by atoms with van der Waals surface area (Å²) in [7, 11) is -2.03. The number of halogens is 1. The summed E-state index contributed by atoms with van der Waals surface area (Å²) in [5.41, 5.74) is -0.565. The summed E-state index contributed by atoms with van der Waals surface area (Å²) in [5, 5.41) is 3.42. The molecule has 4 aliphatic carbocycles. The number of sulfonamides is 1. The van der Waals surface area contributed by atoms with Crippen molar-refractivity contribution in [3.8, 4) is 0 Å². The van der Waals surface area contributed by atoms with E-state index in [4.69, 9.17) is 0 Å². The van der Waals surface area contributed by atoms with Gasteiger partial charge in [-0.15, -0.1) is 0 Å². The Morgan fingerprint density at radius 1 is 1.19 bits per heavy atom. The Bertz CT molecular complexity index is 795. The van der Waals surface area contributed by atoms with Crippen LogP contribution in [0.25, 0.3) is 0 Å². The van der Waals surface area contributed by atoms with Crippen molar-refractivity contribution in [3.05, 3.63) is 30.1 Å². The summed E-state index contributed by atoms with van der Waals surface area (Å²) in [6.45, 7) is 0.309. The Morgan fingerprint density at radius 3 is 2.38 bits per heavy atom. The van der Waals surface area contributed by atoms with Crippen LogP contribution in [0.2, 0.25) is 0 Å². The first kappa shape index (κ1) is 18.1. The van der Waals surface area contributed by atoms with Crippen LogP contribution in [-0.4, -0.2) is 43.7 Å². The second-order valence-electron chi connectivity index (χ2n) is 8.44. The third kappa shape index (κ3) is 2.80. The average molecular weight is 380 g/mol. The molecule has 0 aliphatic heterocycles. The summed E-state index contributed by atoms with van der Waals surface area (Å²) < 4.78 is 41.2. The maximum absolute atomic E-state index is 13.2. The van der Waals surface area contributed by atoms with Gasteiger partial charge in [0, 0.05) is 18.1 Å². The summed E-state index contributed by atoms with van der Waals surface area (Å²) >= 11 is 0. The van der Waals surface area contributed by atoms with E-state index in [1.54, 1.807) is 11.4 Å². The lowest BCUT2D eigenvalue weighted by atomic mass is 9.50. The largest absolute Gasteiger partial charge is 0.305 e. The lowest BCUT2D eigenvalue weighted by Crippen LogP contribution is -2.69. The van der Waals surface area contributed by atoms with Crippen molar-refractivity contribution >= 4 is 16.3 Å². The zero-order valence-corrected chi connectivity index (χ0v) is 15.8. The molecule has 26 heavy (non-hydrogen) atoms. The van der Waals surface area contributed by atoms with E-state index in [-0.39, 0.29) is 10.4 Å². The van der Waals surface area contributed by atoms with Crippen LogP contribution in [-0.2, 0) is 14.8 Å². The van der Waals surface area contributed by atoms with Crippen molar-refractivity contribution in [3.63, 3.8) is 0 Å². The van der Waals surface area contributed by atoms with E-state index in [1.807, 2.05) is 0 Å². The monoisotopic (exact) mass is 380 g/mol. The van der Waals surface area contributed by atoms with E-state index < -0.39 is 21.4 Å². The van der Waals surface area contributed by atoms with Crippen LogP contribution in [0.5, 0.6) is 0 Å². The molecule has 0 aromatic heterocycles. The topological polar surface area (TPSA) is 66.5 Å². The summed E-state index contributed by atoms with van der Waals surface area (Å²) in [5.74, 6) is 0.529. The highest BCUT2D eigenvalue weighted by Crippen LogP contribution is 2.59. The van der Waals surface area contributed by atoms with Crippen LogP contribution in [0, 0.1) is 17.7 Å². The number of nitrogens with zero attached hydrogens (tertiary/aromatic N) is 1. The predicted molar refractivity (Wildman–Crippen MR) is 95.6 cm³/mol. The average Bonchev–Trinajstić information content (AvgIpc) is 2.58. The predicted octanol–water partition coefficient (Wildman–Crippen LogP) is 2.33. The molecule has 4 fully saturated rings. The van der Waals surface area contributed by atoms with E-state index in [0.717, 1.165) is 44.8 Å². The highest BCUT2D eigenvalue weighted by Gasteiger charge is 2.60. The van der Waals surface area contributed by atoms with Crippen molar-refractivity contribution in [1.82, 2.24) is 9.62 Å². The Labute approximate surface area is 154 Å². The molecule has 1 aromatic rings. The molecule has 1 N–H and O–H groups in total. The molecule has 2 atom stereocenters. The first-order valence-electron chi connectivity index (χ1n) is 9.22. The molecule has 1 aromatic carbocycles. The van der Waals surface area contributed by atoms with Gasteiger partial charge in [0.15, 0.2) is 0 Å². The van der Waals surface area contributed by atoms with Crippen molar-refractivity contribution in [2.24, 2.45) is 11.8 Å². The van der Waals surface area contributed by atoms with Gasteiger partial charge in [0.2, 0.25) is 10.0 Å². The number of hydrogen-bond acceptors (Lipinski definition) is 4. The standard InChI is InChI=1S/C19H25FN2O3S/c1-22(26(24,25)17-4-2-16(20)3-5-17)19-11-14-8-15(12-19)10-18(9-14,13-19)21-6-7-23/h2-5,7,14-15,21H,6,8-13H2,1H3. The van der Waals surface area contributed by atoms with E-state index in [9.17, 15) is 17.6 Å². The number of carbonyl (C=O) groups excluding carboxylic acids is 1. The number of carbonyl (C=O) groups is 1. The molecule has 0 spiro atoms. The Kier molecular flexibility index (Phi) is 4.24. The molecule has 0 radical (unpaired) electrons. The molecule has 0 saturated heterocycles. The van der Waals surface area contributed by atoms with Gasteiger partial charge in [0.25, 0.3) is 0 Å². The van der Waals surface area contributed by atoms with Gasteiger partial charge < -0.3 is 10.1 Å². The number of rotatable bonds is 6. The molecule has 4 saturated carbocycles. The molecule has 5 nitrogen and oxygen atoms in total. The second-order valence-corrected chi connectivity index (χ2v) is 10.4. The van der Waals surface area contributed by atoms with Crippen molar-refractivity contribution in [2.75, 3.05) is 13.6 Å². The molecule has 0 amide bonds. The molecule has 4 bridgehead atoms. The van der Waals surface area contributed by atoms with Crippen molar-refractivity contribution < 1.29 is 17.6 Å². The summed E-state index contributed by atoms with van der Waals surface area (Å²) in [6, 6.07) is 5.05. The van der Waals surface area contributed by atoms with E-state index in [2.05, 4.69) is 5.32 Å². The fraction of sp³-hybridized carbons (Fsp3) is 0.632. The van der Waals surface area contributed by atoms with Crippen molar-refractivity contribution in [2.45, 2.75) is 54.5 Å². The minimum atomic E-state index is -3.70. The van der Waals surface area contributed by atoms with Crippen LogP contribution >= 0.6 is 0 Å². The Balaban J connectivity index is 1.67. The van der Waals surface area contributed by atoms with Gasteiger partial charge in [-0.05, 0) is 74.6 Å². The van der Waals surface area contributed by atoms with Gasteiger partial charge in [-0.2, -0.15) is 4.31 Å². The maximum atomic E-state index is 13.2. The number of benzene rings is 1. The first-order valence-corrected chi connectivity index (χ1v) is 10.7. The van der Waals surface area contributed by atoms with Crippen LogP contribution in [0.3, 0.4) is 0 Å². The minimum absolute atomic E-state index is 0.132. The third-order valence-electron chi connectivity index (χ3n) is 6.73. The van der Waals surface area contributed by atoms with Crippen LogP contribution in [0.15, 0.2) is 29.2 Å². The number of nitrogens with one attached hydrogen (secondary N) is 1. The summed E-state index contributed by atoms with van der Waals surface area (Å²) in [6.07, 6.45) is 6.53. The molecular formula is C19H25FN2O3S. The quantitative estimate of drug-likeness (QED) is 0.769. The zero-order chi connectivity index (χ0) is 18.6. The van der Waals surface area contributed by atoms with Gasteiger partial charge in [0.1, 0.15) is 12.1 Å². The van der Waals surface area contributed by atoms with E-state index in [0.29, 0.717) is 18.4 Å². The number of hydrogen-bond donors (Lipinski definition) is 1. The van der Waals surface area contributed by atoms with Crippen molar-refractivity contribution in [1.29, 1.82) is 0 Å². The summed E-state index contributed by atoms with van der Waals surface area (Å²) in [4.78, 5) is 11.0. The van der Waals surface area contributed by atoms with E-state index >= 15 is 0 Å². The smallest absolute Gasteiger partial charge is 0.243 e. The van der Waals surface area contributed by atoms with Gasteiger partial charge in [-0.25, -0.2) is 12.8 Å². The third-order valence-corrected chi connectivity index (χ3v) is 8.71. The molecule has 142 valence electrons. The van der Waals surface area contributed by atoms with E-state index in [1.165, 1.54) is 24.3 Å².